The van der Waals surface area contributed by atoms with Crippen molar-refractivity contribution in [3.8, 4) is 0 Å². The van der Waals surface area contributed by atoms with Crippen LogP contribution in [0, 0.1) is 5.92 Å². The molecule has 6 nitrogen and oxygen atoms in total. The average Bonchev–Trinajstić information content (AvgIpc) is 3.13. The number of likely N-dealkylation sites (tertiary alicyclic amines) is 1. The molecule has 0 N–H and O–H groups in total. The molecule has 2 aliphatic heterocycles. The Hall–Kier alpha value is -0.660. The van der Waals surface area contributed by atoms with Crippen LogP contribution in [0.25, 0.3) is 0 Å². The highest BCUT2D eigenvalue weighted by Crippen LogP contribution is 2.29. The Kier molecular flexibility index (Phi) is 6.97. The number of carbonyl (C=O) groups excluding carboxylic acids is 1. The zero-order chi connectivity index (χ0) is 18.6. The molecule has 0 radical (unpaired) electrons. The number of sulfonamides is 1. The monoisotopic (exact) mass is 386 g/mol. The maximum absolute atomic E-state index is 12.4. The summed E-state index contributed by atoms with van der Waals surface area (Å²) in [5.41, 5.74) is 0. The van der Waals surface area contributed by atoms with Crippen molar-refractivity contribution in [3.05, 3.63) is 0 Å². The van der Waals surface area contributed by atoms with E-state index >= 15 is 0 Å². The summed E-state index contributed by atoms with van der Waals surface area (Å²) in [6.45, 7) is 2.72. The number of hydrogen-bond acceptors (Lipinski definition) is 4. The van der Waals surface area contributed by atoms with Gasteiger partial charge in [-0.3, -0.25) is 4.79 Å². The molecule has 0 aromatic heterocycles. The number of hydrogen-bond donors (Lipinski definition) is 0. The molecule has 0 unspecified atom stereocenters. The highest BCUT2D eigenvalue weighted by atomic mass is 32.2. The van der Waals surface area contributed by atoms with Gasteiger partial charge in [-0.1, -0.05) is 25.7 Å². The van der Waals surface area contributed by atoms with Crippen LogP contribution < -0.4 is 0 Å². The summed E-state index contributed by atoms with van der Waals surface area (Å²) < 4.78 is 30.9. The normalized spacial score (nSPS) is 25.0. The molecule has 1 amide bonds. The lowest BCUT2D eigenvalue weighted by molar-refractivity contribution is -0.135. The Labute approximate surface area is 158 Å². The molecule has 1 aliphatic carbocycles. The molecule has 0 spiro atoms. The summed E-state index contributed by atoms with van der Waals surface area (Å²) in [7, 11) is -3.08. The predicted molar refractivity (Wildman–Crippen MR) is 101 cm³/mol. The van der Waals surface area contributed by atoms with E-state index in [4.69, 9.17) is 4.74 Å². The fourth-order valence-electron chi connectivity index (χ4n) is 4.60. The van der Waals surface area contributed by atoms with Crippen molar-refractivity contribution >= 4 is 15.9 Å². The lowest BCUT2D eigenvalue weighted by Gasteiger charge is -2.36. The second-order valence-corrected chi connectivity index (χ2v) is 10.2. The molecule has 2 heterocycles. The van der Waals surface area contributed by atoms with Crippen LogP contribution in [-0.4, -0.2) is 68.2 Å². The largest absolute Gasteiger partial charge is 0.375 e. The number of ether oxygens (including phenoxy) is 1. The van der Waals surface area contributed by atoms with E-state index in [9.17, 15) is 13.2 Å². The van der Waals surface area contributed by atoms with Crippen molar-refractivity contribution < 1.29 is 17.9 Å². The van der Waals surface area contributed by atoms with E-state index in [-0.39, 0.29) is 12.2 Å². The minimum absolute atomic E-state index is 0.155. The van der Waals surface area contributed by atoms with Gasteiger partial charge in [-0.25, -0.2) is 12.7 Å². The van der Waals surface area contributed by atoms with Crippen LogP contribution in [0.5, 0.6) is 0 Å². The van der Waals surface area contributed by atoms with Gasteiger partial charge in [-0.2, -0.15) is 0 Å². The van der Waals surface area contributed by atoms with Crippen LogP contribution in [0.15, 0.2) is 0 Å². The molecule has 1 saturated carbocycles. The molecule has 3 rings (SSSR count). The topological polar surface area (TPSA) is 66.9 Å². The molecule has 150 valence electrons. The summed E-state index contributed by atoms with van der Waals surface area (Å²) in [5.74, 6) is 1.09. The molecule has 3 aliphatic rings. The molecule has 0 aromatic rings. The van der Waals surface area contributed by atoms with Gasteiger partial charge in [-0.05, 0) is 38.0 Å². The van der Waals surface area contributed by atoms with Gasteiger partial charge in [0.05, 0.1) is 18.5 Å². The third-order valence-corrected chi connectivity index (χ3v) is 7.59. The van der Waals surface area contributed by atoms with Gasteiger partial charge in [0.2, 0.25) is 15.9 Å². The van der Waals surface area contributed by atoms with Crippen LogP contribution in [0.2, 0.25) is 0 Å². The van der Waals surface area contributed by atoms with Gasteiger partial charge in [0, 0.05) is 32.6 Å². The molecule has 0 atom stereocenters. The van der Waals surface area contributed by atoms with Crippen molar-refractivity contribution in [2.24, 2.45) is 5.92 Å². The van der Waals surface area contributed by atoms with E-state index in [0.29, 0.717) is 25.4 Å². The molecule has 0 bridgehead atoms. The highest BCUT2D eigenvalue weighted by Gasteiger charge is 2.29. The zero-order valence-corrected chi connectivity index (χ0v) is 16.9. The van der Waals surface area contributed by atoms with Crippen molar-refractivity contribution in [1.82, 2.24) is 9.21 Å². The number of nitrogens with zero attached hydrogens (tertiary/aromatic N) is 2. The Morgan fingerprint density at radius 2 is 1.46 bits per heavy atom. The maximum atomic E-state index is 12.4. The second-order valence-electron chi connectivity index (χ2n) is 8.27. The van der Waals surface area contributed by atoms with Gasteiger partial charge in [0.25, 0.3) is 0 Å². The number of rotatable bonds is 6. The lowest BCUT2D eigenvalue weighted by Crippen LogP contribution is -2.44. The Morgan fingerprint density at radius 1 is 0.923 bits per heavy atom. The SMILES string of the molecule is CS(=O)(=O)N1CCC(OC2CCN(C(=O)CCC3CCCC3)CC2)CC1. The van der Waals surface area contributed by atoms with Crippen molar-refractivity contribution in [1.29, 1.82) is 0 Å². The second kappa shape index (κ2) is 9.02. The Balaban J connectivity index is 1.33. The summed E-state index contributed by atoms with van der Waals surface area (Å²) in [6, 6.07) is 0. The first kappa shape index (κ1) is 20.1. The van der Waals surface area contributed by atoms with Crippen molar-refractivity contribution in [3.63, 3.8) is 0 Å². The number of amides is 1. The van der Waals surface area contributed by atoms with Crippen LogP contribution in [-0.2, 0) is 19.6 Å². The smallest absolute Gasteiger partial charge is 0.222 e. The van der Waals surface area contributed by atoms with Crippen molar-refractivity contribution in [2.75, 3.05) is 32.4 Å². The third kappa shape index (κ3) is 5.67. The fourth-order valence-corrected chi connectivity index (χ4v) is 5.47. The third-order valence-electron chi connectivity index (χ3n) is 6.29. The Morgan fingerprint density at radius 3 is 2.00 bits per heavy atom. The van der Waals surface area contributed by atoms with E-state index in [2.05, 4.69) is 0 Å². The van der Waals surface area contributed by atoms with E-state index in [1.807, 2.05) is 4.90 Å². The fraction of sp³-hybridized carbons (Fsp3) is 0.947. The molecule has 26 heavy (non-hydrogen) atoms. The van der Waals surface area contributed by atoms with Gasteiger partial charge in [-0.15, -0.1) is 0 Å². The summed E-state index contributed by atoms with van der Waals surface area (Å²) in [4.78, 5) is 14.4. The van der Waals surface area contributed by atoms with Crippen LogP contribution in [0.1, 0.15) is 64.2 Å². The minimum atomic E-state index is -3.08. The molecular weight excluding hydrogens is 352 g/mol. The zero-order valence-electron chi connectivity index (χ0n) is 16.1. The molecule has 2 saturated heterocycles. The summed E-state index contributed by atoms with van der Waals surface area (Å²) in [5, 5.41) is 0. The standard InChI is InChI=1S/C19H34N2O4S/c1-26(23,24)21-14-10-18(11-15-21)25-17-8-12-20(13-9-17)19(22)7-6-16-4-2-3-5-16/h16-18H,2-15H2,1H3. The first-order valence-electron chi connectivity index (χ1n) is 10.3. The first-order valence-corrected chi connectivity index (χ1v) is 12.1. The lowest BCUT2D eigenvalue weighted by atomic mass is 10.0. The molecule has 0 aromatic carbocycles. The highest BCUT2D eigenvalue weighted by molar-refractivity contribution is 7.88. The van der Waals surface area contributed by atoms with Crippen LogP contribution >= 0.6 is 0 Å². The van der Waals surface area contributed by atoms with E-state index in [1.54, 1.807) is 4.31 Å². The molecule has 3 fully saturated rings. The van der Waals surface area contributed by atoms with E-state index in [1.165, 1.54) is 31.9 Å². The van der Waals surface area contributed by atoms with Crippen molar-refractivity contribution in [2.45, 2.75) is 76.4 Å². The quantitative estimate of drug-likeness (QED) is 0.703. The van der Waals surface area contributed by atoms with Gasteiger partial charge >= 0.3 is 0 Å². The van der Waals surface area contributed by atoms with E-state index in [0.717, 1.165) is 51.1 Å². The molecule has 7 heteroatoms. The van der Waals surface area contributed by atoms with Crippen LogP contribution in [0.4, 0.5) is 0 Å². The predicted octanol–water partition coefficient (Wildman–Crippen LogP) is 2.39. The first-order chi connectivity index (χ1) is 12.4. The van der Waals surface area contributed by atoms with Gasteiger partial charge in [0.15, 0.2) is 0 Å². The molecular formula is C19H34N2O4S. The number of carbonyl (C=O) groups is 1. The van der Waals surface area contributed by atoms with E-state index < -0.39 is 10.0 Å². The van der Waals surface area contributed by atoms with Gasteiger partial charge < -0.3 is 9.64 Å². The minimum Gasteiger partial charge on any atom is -0.375 e. The van der Waals surface area contributed by atoms with Gasteiger partial charge in [0.1, 0.15) is 0 Å². The van der Waals surface area contributed by atoms with Crippen LogP contribution in [0.3, 0.4) is 0 Å². The Bertz CT molecular complexity index is 558. The maximum Gasteiger partial charge on any atom is 0.222 e. The number of piperidine rings is 2. The average molecular weight is 387 g/mol. The summed E-state index contributed by atoms with van der Waals surface area (Å²) in [6.07, 6.45) is 12.1. The summed E-state index contributed by atoms with van der Waals surface area (Å²) >= 11 is 0.